The highest BCUT2D eigenvalue weighted by molar-refractivity contribution is 7.17. The number of rotatable bonds is 4. The van der Waals surface area contributed by atoms with Crippen LogP contribution in [0.15, 0.2) is 42.3 Å². The summed E-state index contributed by atoms with van der Waals surface area (Å²) in [6, 6.07) is 5.85. The number of aromatic nitrogens is 3. The number of thiophene rings is 1. The Morgan fingerprint density at radius 1 is 1.29 bits per heavy atom. The van der Waals surface area contributed by atoms with Crippen LogP contribution in [0.25, 0.3) is 10.2 Å². The molecule has 0 radical (unpaired) electrons. The molecule has 4 heterocycles. The van der Waals surface area contributed by atoms with Gasteiger partial charge in [0.15, 0.2) is 0 Å². The summed E-state index contributed by atoms with van der Waals surface area (Å²) in [6.07, 6.45) is 5.14. The fourth-order valence-electron chi connectivity index (χ4n) is 2.50. The minimum Gasteiger partial charge on any atom is -0.492 e. The van der Waals surface area contributed by atoms with Gasteiger partial charge in [-0.25, -0.2) is 9.97 Å². The summed E-state index contributed by atoms with van der Waals surface area (Å²) in [5, 5.41) is 2.06. The summed E-state index contributed by atoms with van der Waals surface area (Å²) in [5.74, 6) is 2.42. The van der Waals surface area contributed by atoms with Crippen LogP contribution in [-0.4, -0.2) is 34.6 Å². The van der Waals surface area contributed by atoms with Crippen molar-refractivity contribution in [1.29, 1.82) is 0 Å². The number of anilines is 1. The second-order valence-electron chi connectivity index (χ2n) is 5.10. The van der Waals surface area contributed by atoms with Crippen molar-refractivity contribution in [2.45, 2.75) is 0 Å². The molecular weight excluding hydrogens is 284 g/mol. The Bertz CT molecular complexity index is 740. The topological polar surface area (TPSA) is 51.1 Å². The number of hydrogen-bond donors (Lipinski definition) is 0. The third-order valence-electron chi connectivity index (χ3n) is 3.60. The van der Waals surface area contributed by atoms with Crippen molar-refractivity contribution in [2.75, 3.05) is 24.6 Å². The molecule has 1 fully saturated rings. The zero-order valence-corrected chi connectivity index (χ0v) is 12.2. The summed E-state index contributed by atoms with van der Waals surface area (Å²) in [7, 11) is 0. The van der Waals surface area contributed by atoms with Gasteiger partial charge in [-0.3, -0.25) is 4.98 Å². The Balaban J connectivity index is 1.38. The van der Waals surface area contributed by atoms with Gasteiger partial charge in [-0.1, -0.05) is 0 Å². The zero-order chi connectivity index (χ0) is 14.1. The van der Waals surface area contributed by atoms with Gasteiger partial charge < -0.3 is 9.64 Å². The average molecular weight is 298 g/mol. The summed E-state index contributed by atoms with van der Waals surface area (Å²) in [5.41, 5.74) is 1.03. The van der Waals surface area contributed by atoms with E-state index in [0.29, 0.717) is 5.92 Å². The van der Waals surface area contributed by atoms with Gasteiger partial charge in [0.1, 0.15) is 17.9 Å². The van der Waals surface area contributed by atoms with Crippen LogP contribution in [-0.2, 0) is 0 Å². The Labute approximate surface area is 126 Å². The highest BCUT2D eigenvalue weighted by Crippen LogP contribution is 2.32. The molecule has 5 nitrogen and oxygen atoms in total. The minimum atomic E-state index is 0.537. The Morgan fingerprint density at radius 2 is 2.24 bits per heavy atom. The van der Waals surface area contributed by atoms with Crippen LogP contribution in [0.2, 0.25) is 0 Å². The van der Waals surface area contributed by atoms with Crippen molar-refractivity contribution in [3.8, 4) is 5.75 Å². The summed E-state index contributed by atoms with van der Waals surface area (Å²) >= 11 is 1.70. The first-order valence-corrected chi connectivity index (χ1v) is 7.74. The van der Waals surface area contributed by atoms with Crippen molar-refractivity contribution >= 4 is 27.4 Å². The lowest BCUT2D eigenvalue weighted by Gasteiger charge is -2.39. The maximum Gasteiger partial charge on any atom is 0.150 e. The first-order valence-electron chi connectivity index (χ1n) is 6.86. The highest BCUT2D eigenvalue weighted by Gasteiger charge is 2.29. The fraction of sp³-hybridized carbons (Fsp3) is 0.267. The number of pyridine rings is 1. The first-order chi connectivity index (χ1) is 10.4. The van der Waals surface area contributed by atoms with Gasteiger partial charge in [0.05, 0.1) is 23.0 Å². The van der Waals surface area contributed by atoms with E-state index >= 15 is 0 Å². The summed E-state index contributed by atoms with van der Waals surface area (Å²) in [6.45, 7) is 2.68. The van der Waals surface area contributed by atoms with E-state index in [1.54, 1.807) is 30.1 Å². The standard InChI is InChI=1S/C15H14N4OS/c1-2-12(6-16-4-1)20-9-11-7-19(8-11)15-14-13(3-5-21-14)17-10-18-15/h1-6,10-11H,7-9H2. The molecule has 6 heteroatoms. The van der Waals surface area contributed by atoms with Crippen molar-refractivity contribution in [1.82, 2.24) is 15.0 Å². The van der Waals surface area contributed by atoms with Crippen molar-refractivity contribution < 1.29 is 4.74 Å². The lowest BCUT2D eigenvalue weighted by Crippen LogP contribution is -2.49. The second kappa shape index (κ2) is 5.29. The van der Waals surface area contributed by atoms with Gasteiger partial charge in [-0.15, -0.1) is 11.3 Å². The molecule has 0 bridgehead atoms. The molecule has 0 N–H and O–H groups in total. The maximum atomic E-state index is 5.75. The Kier molecular flexibility index (Phi) is 3.16. The van der Waals surface area contributed by atoms with Crippen LogP contribution >= 0.6 is 11.3 Å². The van der Waals surface area contributed by atoms with E-state index in [9.17, 15) is 0 Å². The van der Waals surface area contributed by atoms with E-state index in [2.05, 4.69) is 25.2 Å². The lowest BCUT2D eigenvalue weighted by atomic mass is 10.0. The van der Waals surface area contributed by atoms with Crippen molar-refractivity contribution in [3.63, 3.8) is 0 Å². The molecule has 4 rings (SSSR count). The third kappa shape index (κ3) is 2.42. The first kappa shape index (κ1) is 12.5. The molecule has 0 aliphatic carbocycles. The molecule has 1 aliphatic rings. The number of hydrogen-bond acceptors (Lipinski definition) is 6. The van der Waals surface area contributed by atoms with Gasteiger partial charge in [-0.05, 0) is 23.6 Å². The molecule has 0 aromatic carbocycles. The largest absolute Gasteiger partial charge is 0.492 e. The van der Waals surface area contributed by atoms with E-state index in [-0.39, 0.29) is 0 Å². The maximum absolute atomic E-state index is 5.75. The highest BCUT2D eigenvalue weighted by atomic mass is 32.1. The van der Waals surface area contributed by atoms with E-state index in [0.717, 1.165) is 36.8 Å². The van der Waals surface area contributed by atoms with E-state index < -0.39 is 0 Å². The van der Waals surface area contributed by atoms with Crippen LogP contribution in [0.3, 0.4) is 0 Å². The average Bonchev–Trinajstić information content (AvgIpc) is 2.96. The summed E-state index contributed by atoms with van der Waals surface area (Å²) in [4.78, 5) is 15.0. The molecule has 1 saturated heterocycles. The predicted molar refractivity (Wildman–Crippen MR) is 82.9 cm³/mol. The van der Waals surface area contributed by atoms with Crippen molar-refractivity contribution in [3.05, 3.63) is 42.3 Å². The van der Waals surface area contributed by atoms with E-state index in [1.165, 1.54) is 4.70 Å². The molecule has 0 atom stereocenters. The fourth-order valence-corrected chi connectivity index (χ4v) is 3.36. The second-order valence-corrected chi connectivity index (χ2v) is 6.02. The number of fused-ring (bicyclic) bond motifs is 1. The molecule has 3 aromatic heterocycles. The van der Waals surface area contributed by atoms with E-state index in [4.69, 9.17) is 4.74 Å². The minimum absolute atomic E-state index is 0.537. The summed E-state index contributed by atoms with van der Waals surface area (Å²) < 4.78 is 6.92. The molecule has 0 amide bonds. The third-order valence-corrected chi connectivity index (χ3v) is 4.50. The zero-order valence-electron chi connectivity index (χ0n) is 11.3. The lowest BCUT2D eigenvalue weighted by molar-refractivity contribution is 0.220. The SMILES string of the molecule is c1cncc(OCC2CN(c3ncnc4ccsc34)C2)c1. The molecule has 0 saturated carbocycles. The van der Waals surface area contributed by atoms with Gasteiger partial charge >= 0.3 is 0 Å². The normalized spacial score (nSPS) is 15.1. The van der Waals surface area contributed by atoms with Gasteiger partial charge in [0.25, 0.3) is 0 Å². The number of nitrogens with zero attached hydrogens (tertiary/aromatic N) is 4. The van der Waals surface area contributed by atoms with Gasteiger partial charge in [-0.2, -0.15) is 0 Å². The molecule has 0 spiro atoms. The van der Waals surface area contributed by atoms with Crippen LogP contribution in [0.5, 0.6) is 5.75 Å². The van der Waals surface area contributed by atoms with E-state index in [1.807, 2.05) is 18.2 Å². The molecule has 106 valence electrons. The quantitative estimate of drug-likeness (QED) is 0.741. The van der Waals surface area contributed by atoms with Crippen LogP contribution < -0.4 is 9.64 Å². The van der Waals surface area contributed by atoms with Crippen LogP contribution in [0, 0.1) is 5.92 Å². The monoisotopic (exact) mass is 298 g/mol. The molecular formula is C15H14N4OS. The molecule has 21 heavy (non-hydrogen) atoms. The van der Waals surface area contributed by atoms with Crippen molar-refractivity contribution in [2.24, 2.45) is 5.92 Å². The number of ether oxygens (including phenoxy) is 1. The van der Waals surface area contributed by atoms with Gasteiger partial charge in [0, 0.05) is 25.2 Å². The predicted octanol–water partition coefficient (Wildman–Crippen LogP) is 2.60. The molecule has 1 aliphatic heterocycles. The Morgan fingerprint density at radius 3 is 3.10 bits per heavy atom. The van der Waals surface area contributed by atoms with Gasteiger partial charge in [0.2, 0.25) is 0 Å². The Hall–Kier alpha value is -2.21. The molecule has 3 aromatic rings. The van der Waals surface area contributed by atoms with Crippen LogP contribution in [0.1, 0.15) is 0 Å². The smallest absolute Gasteiger partial charge is 0.150 e. The molecule has 0 unspecified atom stereocenters. The van der Waals surface area contributed by atoms with Crippen LogP contribution in [0.4, 0.5) is 5.82 Å².